The first kappa shape index (κ1) is 18.7. The van der Waals surface area contributed by atoms with E-state index in [1.54, 1.807) is 16.3 Å². The van der Waals surface area contributed by atoms with Crippen LogP contribution in [-0.4, -0.2) is 40.8 Å². The van der Waals surface area contributed by atoms with Gasteiger partial charge in [-0.3, -0.25) is 9.80 Å². The highest BCUT2D eigenvalue weighted by molar-refractivity contribution is 7.99. The Bertz CT molecular complexity index is 859. The Morgan fingerprint density at radius 2 is 2.19 bits per heavy atom. The van der Waals surface area contributed by atoms with Gasteiger partial charge in [0.2, 0.25) is 5.91 Å². The van der Waals surface area contributed by atoms with Crippen LogP contribution in [0.1, 0.15) is 23.3 Å². The number of nitrogens with zero attached hydrogens (tertiary/aromatic N) is 2. The molecule has 8 heteroatoms. The molecule has 1 unspecified atom stereocenters. The van der Waals surface area contributed by atoms with Gasteiger partial charge >= 0.3 is 0 Å². The number of carbonyl (C=O) groups excluding carboxylic acids is 1. The normalized spacial score (nSPS) is 19.4. The minimum absolute atomic E-state index is 0.123. The maximum Gasteiger partial charge on any atom is 0.238 e. The molecule has 1 fully saturated rings. The number of hydrogen-bond acceptors (Lipinski definition) is 6. The Labute approximate surface area is 172 Å². The minimum atomic E-state index is -0.371. The van der Waals surface area contributed by atoms with Gasteiger partial charge < -0.3 is 11.1 Å². The molecule has 1 amide bonds. The van der Waals surface area contributed by atoms with E-state index in [1.165, 1.54) is 21.9 Å². The van der Waals surface area contributed by atoms with E-state index in [-0.39, 0.29) is 12.5 Å². The zero-order chi connectivity index (χ0) is 18.8. The van der Waals surface area contributed by atoms with E-state index in [0.717, 1.165) is 34.2 Å². The molecule has 0 radical (unpaired) electrons. The molecule has 1 saturated heterocycles. The van der Waals surface area contributed by atoms with E-state index in [9.17, 15) is 4.79 Å². The van der Waals surface area contributed by atoms with Gasteiger partial charge in [0.05, 0.1) is 6.54 Å². The molecule has 0 spiro atoms. The smallest absolute Gasteiger partial charge is 0.238 e. The van der Waals surface area contributed by atoms with Crippen LogP contribution in [0.2, 0.25) is 5.02 Å². The summed E-state index contributed by atoms with van der Waals surface area (Å²) in [6.45, 7) is 0.722. The lowest BCUT2D eigenvalue weighted by Gasteiger charge is -2.29. The van der Waals surface area contributed by atoms with Gasteiger partial charge in [0.15, 0.2) is 5.84 Å². The van der Waals surface area contributed by atoms with E-state index in [4.69, 9.17) is 22.4 Å². The van der Waals surface area contributed by atoms with Crippen LogP contribution in [0.3, 0.4) is 0 Å². The zero-order valence-corrected chi connectivity index (χ0v) is 17.2. The van der Waals surface area contributed by atoms with Gasteiger partial charge in [-0.05, 0) is 42.4 Å². The highest BCUT2D eigenvalue weighted by atomic mass is 35.5. The molecule has 1 aromatic carbocycles. The summed E-state index contributed by atoms with van der Waals surface area (Å²) in [5.41, 5.74) is 7.66. The standard InChI is InChI=1S/C19H21ClN4OS2/c20-13-5-3-12(4-6-13)16-8-15-17(27-16)9-24(10-18(21)25)23-19(15)22-14-2-1-7-26-11-14/h3-6,8,14H,1-2,7,9-11H2,(H2,21,25)(H,22,23). The molecule has 0 aliphatic carbocycles. The zero-order valence-electron chi connectivity index (χ0n) is 14.8. The highest BCUT2D eigenvalue weighted by Crippen LogP contribution is 2.35. The maximum atomic E-state index is 11.4. The van der Waals surface area contributed by atoms with Crippen molar-refractivity contribution in [2.24, 2.45) is 10.8 Å². The lowest BCUT2D eigenvalue weighted by atomic mass is 10.1. The Morgan fingerprint density at radius 3 is 2.89 bits per heavy atom. The first-order valence-electron chi connectivity index (χ1n) is 8.93. The van der Waals surface area contributed by atoms with Crippen LogP contribution in [0.15, 0.2) is 35.4 Å². The first-order valence-corrected chi connectivity index (χ1v) is 11.3. The summed E-state index contributed by atoms with van der Waals surface area (Å²) in [5.74, 6) is 2.78. The minimum Gasteiger partial charge on any atom is -0.368 e. The van der Waals surface area contributed by atoms with Gasteiger partial charge in [-0.1, -0.05) is 23.7 Å². The van der Waals surface area contributed by atoms with Crippen molar-refractivity contribution in [2.75, 3.05) is 18.1 Å². The van der Waals surface area contributed by atoms with Crippen LogP contribution in [0.4, 0.5) is 0 Å². The number of rotatable bonds is 4. The van der Waals surface area contributed by atoms with E-state index < -0.39 is 0 Å². The summed E-state index contributed by atoms with van der Waals surface area (Å²) >= 11 is 9.72. The van der Waals surface area contributed by atoms with Crippen molar-refractivity contribution in [2.45, 2.75) is 25.4 Å². The van der Waals surface area contributed by atoms with Crippen molar-refractivity contribution in [3.05, 3.63) is 45.8 Å². The number of fused-ring (bicyclic) bond motifs is 1. The number of hydrazone groups is 1. The number of hydrogen-bond donors (Lipinski definition) is 2. The molecule has 0 bridgehead atoms. The summed E-state index contributed by atoms with van der Waals surface area (Å²) in [4.78, 5) is 13.8. The number of amidine groups is 1. The van der Waals surface area contributed by atoms with Crippen LogP contribution in [0.5, 0.6) is 0 Å². The fourth-order valence-corrected chi connectivity index (χ4v) is 5.70. The summed E-state index contributed by atoms with van der Waals surface area (Å²) in [6, 6.07) is 10.5. The molecule has 2 aromatic rings. The van der Waals surface area contributed by atoms with Crippen LogP contribution < -0.4 is 11.1 Å². The molecule has 1 aromatic heterocycles. The van der Waals surface area contributed by atoms with Crippen LogP contribution in [0, 0.1) is 0 Å². The molecule has 3 N–H and O–H groups in total. The van der Waals surface area contributed by atoms with Gasteiger partial charge in [0, 0.05) is 32.1 Å². The molecule has 0 saturated carbocycles. The second-order valence-corrected chi connectivity index (χ2v) is 9.47. The molecular weight excluding hydrogens is 400 g/mol. The SMILES string of the molecule is NC(=O)CN1Cc2sc(-c3ccc(Cl)cc3)cc2C(NC2CCCSC2)=N1. The average molecular weight is 421 g/mol. The average Bonchev–Trinajstić information content (AvgIpc) is 3.07. The monoisotopic (exact) mass is 420 g/mol. The largest absolute Gasteiger partial charge is 0.368 e. The third kappa shape index (κ3) is 4.42. The van der Waals surface area contributed by atoms with E-state index >= 15 is 0 Å². The molecule has 27 heavy (non-hydrogen) atoms. The molecule has 4 rings (SSSR count). The molecule has 5 nitrogen and oxygen atoms in total. The van der Waals surface area contributed by atoms with Crippen molar-refractivity contribution in [1.29, 1.82) is 0 Å². The van der Waals surface area contributed by atoms with Crippen molar-refractivity contribution >= 4 is 46.4 Å². The van der Waals surface area contributed by atoms with E-state index in [0.29, 0.717) is 12.6 Å². The van der Waals surface area contributed by atoms with E-state index in [1.807, 2.05) is 36.0 Å². The van der Waals surface area contributed by atoms with Crippen molar-refractivity contribution < 1.29 is 4.79 Å². The van der Waals surface area contributed by atoms with Gasteiger partial charge in [-0.25, -0.2) is 0 Å². The fraction of sp³-hybridized carbons (Fsp3) is 0.368. The number of halogens is 1. The number of nitrogens with two attached hydrogens (primary N) is 1. The Kier molecular flexibility index (Phi) is 5.61. The Hall–Kier alpha value is -1.70. The molecule has 1 atom stereocenters. The summed E-state index contributed by atoms with van der Waals surface area (Å²) in [5, 5.41) is 10.8. The number of amides is 1. The van der Waals surface area contributed by atoms with E-state index in [2.05, 4.69) is 11.4 Å². The number of nitrogens with one attached hydrogen (secondary N) is 1. The second kappa shape index (κ2) is 8.12. The number of thiophene rings is 1. The summed E-state index contributed by atoms with van der Waals surface area (Å²) in [6.07, 6.45) is 2.36. The summed E-state index contributed by atoms with van der Waals surface area (Å²) in [7, 11) is 0. The van der Waals surface area contributed by atoms with Gasteiger partial charge in [0.25, 0.3) is 0 Å². The lowest BCUT2D eigenvalue weighted by Crippen LogP contribution is -2.43. The predicted molar refractivity (Wildman–Crippen MR) is 114 cm³/mol. The number of benzene rings is 1. The van der Waals surface area contributed by atoms with Gasteiger partial charge in [-0.2, -0.15) is 16.9 Å². The van der Waals surface area contributed by atoms with Gasteiger partial charge in [-0.15, -0.1) is 11.3 Å². The molecule has 2 aliphatic rings. The van der Waals surface area contributed by atoms with Crippen LogP contribution in [-0.2, 0) is 11.3 Å². The molecule has 2 aliphatic heterocycles. The van der Waals surface area contributed by atoms with Crippen molar-refractivity contribution in [3.63, 3.8) is 0 Å². The molecular formula is C19H21ClN4OS2. The van der Waals surface area contributed by atoms with Crippen molar-refractivity contribution in [3.8, 4) is 10.4 Å². The van der Waals surface area contributed by atoms with Crippen LogP contribution in [0.25, 0.3) is 10.4 Å². The predicted octanol–water partition coefficient (Wildman–Crippen LogP) is 3.52. The molecule has 142 valence electrons. The quantitative estimate of drug-likeness (QED) is 0.793. The van der Waals surface area contributed by atoms with Gasteiger partial charge in [0.1, 0.15) is 6.54 Å². The number of thioether (sulfide) groups is 1. The fourth-order valence-electron chi connectivity index (χ4n) is 3.33. The third-order valence-electron chi connectivity index (χ3n) is 4.60. The van der Waals surface area contributed by atoms with Crippen LogP contribution >= 0.6 is 34.7 Å². The van der Waals surface area contributed by atoms with Crippen molar-refractivity contribution in [1.82, 2.24) is 10.3 Å². The highest BCUT2D eigenvalue weighted by Gasteiger charge is 2.26. The lowest BCUT2D eigenvalue weighted by molar-refractivity contribution is -0.119. The maximum absolute atomic E-state index is 11.4. The Morgan fingerprint density at radius 1 is 1.37 bits per heavy atom. The Balaban J connectivity index is 1.64. The summed E-state index contributed by atoms with van der Waals surface area (Å²) < 4.78 is 0. The first-order chi connectivity index (χ1) is 13.1. The number of primary amides is 1. The third-order valence-corrected chi connectivity index (χ3v) is 7.24. The topological polar surface area (TPSA) is 70.7 Å². The number of carbonyl (C=O) groups is 1. The second-order valence-electron chi connectivity index (χ2n) is 6.75. The molecule has 3 heterocycles.